The molecule has 3 nitrogen and oxygen atoms in total. The Kier molecular flexibility index (Phi) is 5.24. The first-order valence-electron chi connectivity index (χ1n) is 8.51. The van der Waals surface area contributed by atoms with Gasteiger partial charge in [-0.25, -0.2) is 0 Å². The molecule has 2 aromatic carbocycles. The molecule has 0 bridgehead atoms. The minimum atomic E-state index is -0.271. The number of carbonyl (C=O) groups is 2. The highest BCUT2D eigenvalue weighted by Gasteiger charge is 2.40. The molecule has 1 saturated heterocycles. The second kappa shape index (κ2) is 7.40. The van der Waals surface area contributed by atoms with Crippen molar-refractivity contribution in [3.63, 3.8) is 0 Å². The van der Waals surface area contributed by atoms with Gasteiger partial charge in [0.05, 0.1) is 5.92 Å². The van der Waals surface area contributed by atoms with Crippen LogP contribution in [-0.4, -0.2) is 30.2 Å². The fourth-order valence-electron chi connectivity index (χ4n) is 3.50. The van der Waals surface area contributed by atoms with Crippen molar-refractivity contribution in [1.82, 2.24) is 4.90 Å². The fourth-order valence-corrected chi connectivity index (χ4v) is 3.62. The second-order valence-corrected chi connectivity index (χ2v) is 7.32. The van der Waals surface area contributed by atoms with Crippen LogP contribution in [0.5, 0.6) is 0 Å². The zero-order valence-electron chi connectivity index (χ0n) is 14.5. The minimum Gasteiger partial charge on any atom is -0.345 e. The van der Waals surface area contributed by atoms with E-state index in [1.807, 2.05) is 26.1 Å². The predicted octanol–water partition coefficient (Wildman–Crippen LogP) is 4.02. The Labute approximate surface area is 153 Å². The maximum atomic E-state index is 12.5. The monoisotopic (exact) mass is 355 g/mol. The van der Waals surface area contributed by atoms with Gasteiger partial charge in [0, 0.05) is 37.4 Å². The molecule has 1 aliphatic rings. The summed E-state index contributed by atoms with van der Waals surface area (Å²) in [4.78, 5) is 26.8. The van der Waals surface area contributed by atoms with E-state index >= 15 is 0 Å². The van der Waals surface area contributed by atoms with Crippen molar-refractivity contribution in [1.29, 1.82) is 0 Å². The fraction of sp³-hybridized carbons (Fsp3) is 0.333. The van der Waals surface area contributed by atoms with Crippen LogP contribution in [0, 0.1) is 12.8 Å². The Morgan fingerprint density at radius 2 is 1.76 bits per heavy atom. The van der Waals surface area contributed by atoms with Crippen molar-refractivity contribution in [3.8, 4) is 0 Å². The first kappa shape index (κ1) is 17.7. The van der Waals surface area contributed by atoms with Gasteiger partial charge in [0.15, 0.2) is 0 Å². The van der Waals surface area contributed by atoms with E-state index in [1.54, 1.807) is 17.0 Å². The lowest BCUT2D eigenvalue weighted by Gasteiger charge is -2.17. The van der Waals surface area contributed by atoms with Gasteiger partial charge in [-0.2, -0.15) is 0 Å². The highest BCUT2D eigenvalue weighted by atomic mass is 35.5. The van der Waals surface area contributed by atoms with E-state index in [0.717, 1.165) is 11.1 Å². The lowest BCUT2D eigenvalue weighted by atomic mass is 9.84. The van der Waals surface area contributed by atoms with Crippen molar-refractivity contribution < 1.29 is 9.59 Å². The van der Waals surface area contributed by atoms with E-state index in [2.05, 4.69) is 24.3 Å². The first-order chi connectivity index (χ1) is 11.9. The van der Waals surface area contributed by atoms with E-state index in [0.29, 0.717) is 18.0 Å². The molecule has 0 radical (unpaired) electrons. The molecule has 130 valence electrons. The van der Waals surface area contributed by atoms with Crippen LogP contribution in [-0.2, 0) is 16.0 Å². The molecule has 0 unspecified atom stereocenters. The Morgan fingerprint density at radius 3 is 2.40 bits per heavy atom. The zero-order chi connectivity index (χ0) is 18.0. The Balaban J connectivity index is 1.73. The molecule has 1 aliphatic heterocycles. The molecule has 25 heavy (non-hydrogen) atoms. The molecule has 0 aromatic heterocycles. The number of halogens is 1. The average Bonchev–Trinajstić information content (AvgIpc) is 2.86. The average molecular weight is 356 g/mol. The molecule has 4 heteroatoms. The SMILES string of the molecule is Cc1ccc([C@@H]2CN(C)C(=O)[C@H]2CC(=O)Cc2ccc(Cl)cc2)cc1. The van der Waals surface area contributed by atoms with Gasteiger partial charge in [-0.05, 0) is 30.2 Å². The maximum Gasteiger partial charge on any atom is 0.226 e. The summed E-state index contributed by atoms with van der Waals surface area (Å²) in [7, 11) is 1.81. The number of rotatable bonds is 5. The number of carbonyl (C=O) groups excluding carboxylic acids is 2. The van der Waals surface area contributed by atoms with E-state index < -0.39 is 0 Å². The van der Waals surface area contributed by atoms with Crippen LogP contribution in [0.4, 0.5) is 0 Å². The largest absolute Gasteiger partial charge is 0.345 e. The molecule has 2 atom stereocenters. The van der Waals surface area contributed by atoms with Crippen molar-refractivity contribution in [2.24, 2.45) is 5.92 Å². The number of Topliss-reactive ketones (excluding diaryl/α,β-unsaturated/α-hetero) is 1. The van der Waals surface area contributed by atoms with Gasteiger partial charge >= 0.3 is 0 Å². The van der Waals surface area contributed by atoms with Crippen LogP contribution in [0.2, 0.25) is 5.02 Å². The lowest BCUT2D eigenvalue weighted by Crippen LogP contribution is -2.24. The van der Waals surface area contributed by atoms with Gasteiger partial charge in [-0.15, -0.1) is 0 Å². The number of hydrogen-bond acceptors (Lipinski definition) is 2. The minimum absolute atomic E-state index is 0.0648. The van der Waals surface area contributed by atoms with Crippen LogP contribution < -0.4 is 0 Å². The van der Waals surface area contributed by atoms with Crippen molar-refractivity contribution >= 4 is 23.3 Å². The van der Waals surface area contributed by atoms with E-state index in [1.165, 1.54) is 5.56 Å². The second-order valence-electron chi connectivity index (χ2n) is 6.89. The van der Waals surface area contributed by atoms with Crippen molar-refractivity contribution in [3.05, 3.63) is 70.2 Å². The van der Waals surface area contributed by atoms with Gasteiger partial charge < -0.3 is 4.90 Å². The summed E-state index contributed by atoms with van der Waals surface area (Å²) in [6.45, 7) is 2.71. The van der Waals surface area contributed by atoms with Crippen LogP contribution in [0.25, 0.3) is 0 Å². The molecule has 2 aromatic rings. The third kappa shape index (κ3) is 4.10. The third-order valence-electron chi connectivity index (χ3n) is 4.92. The summed E-state index contributed by atoms with van der Waals surface area (Å²) < 4.78 is 0. The van der Waals surface area contributed by atoms with Crippen LogP contribution in [0.15, 0.2) is 48.5 Å². The van der Waals surface area contributed by atoms with E-state index in [-0.39, 0.29) is 29.9 Å². The number of ketones is 1. The summed E-state index contributed by atoms with van der Waals surface area (Å²) in [5.74, 6) is -0.0390. The molecular weight excluding hydrogens is 334 g/mol. The highest BCUT2D eigenvalue weighted by Crippen LogP contribution is 2.35. The number of likely N-dealkylation sites (N-methyl/N-ethyl adjacent to an activating group) is 1. The van der Waals surface area contributed by atoms with Gasteiger partial charge in [-0.1, -0.05) is 53.6 Å². The zero-order valence-corrected chi connectivity index (χ0v) is 15.3. The Bertz CT molecular complexity index is 767. The number of amides is 1. The topological polar surface area (TPSA) is 37.4 Å². The van der Waals surface area contributed by atoms with Gasteiger partial charge in [0.25, 0.3) is 0 Å². The lowest BCUT2D eigenvalue weighted by molar-refractivity contribution is -0.132. The standard InChI is InChI=1S/C21H22ClNO2/c1-14-3-7-16(8-4-14)20-13-23(2)21(25)19(20)12-18(24)11-15-5-9-17(22)10-6-15/h3-10,19-20H,11-13H2,1-2H3/t19-,20-/m0/s1. The van der Waals surface area contributed by atoms with Gasteiger partial charge in [0.1, 0.15) is 5.78 Å². The summed E-state index contributed by atoms with van der Waals surface area (Å²) >= 11 is 5.88. The number of likely N-dealkylation sites (tertiary alicyclic amines) is 1. The van der Waals surface area contributed by atoms with Crippen molar-refractivity contribution in [2.45, 2.75) is 25.7 Å². The quantitative estimate of drug-likeness (QED) is 0.812. The first-order valence-corrected chi connectivity index (χ1v) is 8.89. The normalized spacial score (nSPS) is 20.1. The summed E-state index contributed by atoms with van der Waals surface area (Å²) in [6.07, 6.45) is 0.621. The predicted molar refractivity (Wildman–Crippen MR) is 99.8 cm³/mol. The number of aryl methyl sites for hydroxylation is 1. The molecule has 0 aliphatic carbocycles. The molecule has 1 fully saturated rings. The molecular formula is C21H22ClNO2. The highest BCUT2D eigenvalue weighted by molar-refractivity contribution is 6.30. The smallest absolute Gasteiger partial charge is 0.226 e. The van der Waals surface area contributed by atoms with Gasteiger partial charge in [0.2, 0.25) is 5.91 Å². The maximum absolute atomic E-state index is 12.5. The van der Waals surface area contributed by atoms with E-state index in [9.17, 15) is 9.59 Å². The molecule has 0 spiro atoms. The third-order valence-corrected chi connectivity index (χ3v) is 5.17. The Hall–Kier alpha value is -2.13. The number of nitrogens with zero attached hydrogens (tertiary/aromatic N) is 1. The Morgan fingerprint density at radius 1 is 1.12 bits per heavy atom. The van der Waals surface area contributed by atoms with Crippen LogP contribution in [0.1, 0.15) is 29.0 Å². The van der Waals surface area contributed by atoms with Crippen molar-refractivity contribution in [2.75, 3.05) is 13.6 Å². The number of hydrogen-bond donors (Lipinski definition) is 0. The molecule has 0 saturated carbocycles. The molecule has 3 rings (SSSR count). The summed E-state index contributed by atoms with van der Waals surface area (Å²) in [5, 5.41) is 0.656. The molecule has 1 amide bonds. The van der Waals surface area contributed by atoms with E-state index in [4.69, 9.17) is 11.6 Å². The molecule has 1 heterocycles. The summed E-state index contributed by atoms with van der Waals surface area (Å²) in [6, 6.07) is 15.6. The van der Waals surface area contributed by atoms with Crippen LogP contribution in [0.3, 0.4) is 0 Å². The summed E-state index contributed by atoms with van der Waals surface area (Å²) in [5.41, 5.74) is 3.25. The van der Waals surface area contributed by atoms with Gasteiger partial charge in [-0.3, -0.25) is 9.59 Å². The van der Waals surface area contributed by atoms with Crippen LogP contribution >= 0.6 is 11.6 Å². The number of benzene rings is 2. The molecule has 0 N–H and O–H groups in total.